The Morgan fingerprint density at radius 3 is 3.10 bits per heavy atom. The topological polar surface area (TPSA) is 58.5 Å². The van der Waals surface area contributed by atoms with Crippen molar-refractivity contribution >= 4 is 5.82 Å². The van der Waals surface area contributed by atoms with Gasteiger partial charge in [-0.05, 0) is 24.1 Å². The van der Waals surface area contributed by atoms with Gasteiger partial charge in [-0.15, -0.1) is 0 Å². The fourth-order valence-corrected chi connectivity index (χ4v) is 3.00. The van der Waals surface area contributed by atoms with E-state index in [0.29, 0.717) is 12.4 Å². The molecule has 0 saturated carbocycles. The number of anilines is 1. The van der Waals surface area contributed by atoms with Crippen LogP contribution in [-0.2, 0) is 6.42 Å². The van der Waals surface area contributed by atoms with Crippen LogP contribution in [0.4, 0.5) is 5.82 Å². The van der Waals surface area contributed by atoms with Crippen LogP contribution < -0.4 is 9.64 Å². The molecule has 2 aromatic rings. The molecule has 1 N–H and O–H groups in total. The maximum atomic E-state index is 9.67. The van der Waals surface area contributed by atoms with Crippen molar-refractivity contribution in [3.05, 3.63) is 36.0 Å². The number of ether oxygens (including phenoxy) is 1. The Morgan fingerprint density at radius 1 is 1.29 bits per heavy atom. The Balaban J connectivity index is 1.72. The Hall–Kier alpha value is -2.14. The first-order chi connectivity index (χ1) is 10.3. The first-order valence-electron chi connectivity index (χ1n) is 7.32. The van der Waals surface area contributed by atoms with E-state index in [1.165, 1.54) is 5.56 Å². The number of nitrogens with zero attached hydrogens (tertiary/aromatic N) is 3. The molecule has 1 aromatic heterocycles. The maximum absolute atomic E-state index is 9.67. The van der Waals surface area contributed by atoms with Crippen molar-refractivity contribution in [3.63, 3.8) is 0 Å². The second-order valence-corrected chi connectivity index (χ2v) is 5.52. The molecule has 21 heavy (non-hydrogen) atoms. The quantitative estimate of drug-likeness (QED) is 0.908. The fraction of sp³-hybridized carbons (Fsp3) is 0.375. The average molecular weight is 283 g/mol. The van der Waals surface area contributed by atoms with E-state index < -0.39 is 0 Å². The Bertz CT molecular complexity index is 674. The second-order valence-electron chi connectivity index (χ2n) is 5.52. The number of para-hydroxylation sites is 1. The van der Waals surface area contributed by atoms with Gasteiger partial charge < -0.3 is 14.7 Å². The third kappa shape index (κ3) is 2.23. The molecule has 0 spiro atoms. The van der Waals surface area contributed by atoms with Gasteiger partial charge in [-0.3, -0.25) is 0 Å². The van der Waals surface area contributed by atoms with Crippen LogP contribution in [0.25, 0.3) is 11.4 Å². The van der Waals surface area contributed by atoms with Gasteiger partial charge >= 0.3 is 0 Å². The van der Waals surface area contributed by atoms with Crippen LogP contribution in [-0.4, -0.2) is 40.9 Å². The van der Waals surface area contributed by atoms with Gasteiger partial charge in [0.05, 0.1) is 18.3 Å². The van der Waals surface area contributed by atoms with Gasteiger partial charge in [-0.2, -0.15) is 0 Å². The molecule has 1 atom stereocenters. The number of β-amino-alcohol motifs (C(OH)–C–C–N with tert-alkyl or cyclic N) is 1. The van der Waals surface area contributed by atoms with Crippen LogP contribution in [0.1, 0.15) is 12.0 Å². The highest BCUT2D eigenvalue weighted by atomic mass is 16.5. The lowest BCUT2D eigenvalue weighted by Gasteiger charge is -2.17. The number of fused-ring (bicyclic) bond motifs is 1. The molecule has 2 aliphatic heterocycles. The number of aliphatic hydroxyl groups is 1. The number of hydrogen-bond acceptors (Lipinski definition) is 5. The summed E-state index contributed by atoms with van der Waals surface area (Å²) >= 11 is 0. The van der Waals surface area contributed by atoms with Crippen molar-refractivity contribution in [2.24, 2.45) is 0 Å². The van der Waals surface area contributed by atoms with Crippen molar-refractivity contribution in [2.75, 3.05) is 24.6 Å². The molecule has 1 saturated heterocycles. The van der Waals surface area contributed by atoms with Gasteiger partial charge in [-0.25, -0.2) is 9.97 Å². The standard InChI is InChI=1S/C16H17N3O2/c20-12-5-8-19(10-12)14-4-7-17-16(18-14)13-3-1-2-11-6-9-21-15(11)13/h1-4,7,12,20H,5-6,8-10H2/t12-/m0/s1. The van der Waals surface area contributed by atoms with E-state index in [4.69, 9.17) is 4.74 Å². The van der Waals surface area contributed by atoms with Crippen LogP contribution >= 0.6 is 0 Å². The summed E-state index contributed by atoms with van der Waals surface area (Å²) in [6, 6.07) is 8.01. The molecule has 4 rings (SSSR count). The highest BCUT2D eigenvalue weighted by Crippen LogP contribution is 2.35. The molecular formula is C16H17N3O2. The number of aromatic nitrogens is 2. The molecule has 0 amide bonds. The van der Waals surface area contributed by atoms with Gasteiger partial charge in [0.15, 0.2) is 5.82 Å². The molecule has 0 radical (unpaired) electrons. The smallest absolute Gasteiger partial charge is 0.165 e. The normalized spacial score (nSPS) is 20.4. The van der Waals surface area contributed by atoms with Crippen molar-refractivity contribution in [3.8, 4) is 17.1 Å². The summed E-state index contributed by atoms with van der Waals surface area (Å²) in [5, 5.41) is 9.67. The summed E-state index contributed by atoms with van der Waals surface area (Å²) in [6.45, 7) is 2.20. The summed E-state index contributed by atoms with van der Waals surface area (Å²) in [4.78, 5) is 11.2. The summed E-state index contributed by atoms with van der Waals surface area (Å²) in [5.41, 5.74) is 2.17. The molecule has 5 heteroatoms. The van der Waals surface area contributed by atoms with Crippen molar-refractivity contribution in [2.45, 2.75) is 18.9 Å². The summed E-state index contributed by atoms with van der Waals surface area (Å²) in [5.74, 6) is 2.47. The number of benzene rings is 1. The fourth-order valence-electron chi connectivity index (χ4n) is 3.00. The molecule has 3 heterocycles. The van der Waals surface area contributed by atoms with Crippen molar-refractivity contribution in [1.29, 1.82) is 0 Å². The molecule has 5 nitrogen and oxygen atoms in total. The molecule has 1 fully saturated rings. The predicted octanol–water partition coefficient (Wildman–Crippen LogP) is 1.65. The van der Waals surface area contributed by atoms with E-state index in [1.54, 1.807) is 6.20 Å². The minimum Gasteiger partial charge on any atom is -0.492 e. The zero-order valence-corrected chi connectivity index (χ0v) is 11.7. The molecular weight excluding hydrogens is 266 g/mol. The van der Waals surface area contributed by atoms with Crippen LogP contribution in [0.15, 0.2) is 30.5 Å². The van der Waals surface area contributed by atoms with E-state index in [1.807, 2.05) is 18.2 Å². The molecule has 1 aromatic carbocycles. The largest absolute Gasteiger partial charge is 0.492 e. The monoisotopic (exact) mass is 283 g/mol. The first kappa shape index (κ1) is 12.6. The lowest BCUT2D eigenvalue weighted by Crippen LogP contribution is -2.22. The van der Waals surface area contributed by atoms with E-state index in [-0.39, 0.29) is 6.10 Å². The highest BCUT2D eigenvalue weighted by Gasteiger charge is 2.23. The predicted molar refractivity (Wildman–Crippen MR) is 79.5 cm³/mol. The summed E-state index contributed by atoms with van der Waals surface area (Å²) in [7, 11) is 0. The maximum Gasteiger partial charge on any atom is 0.165 e. The molecule has 0 bridgehead atoms. The minimum absolute atomic E-state index is 0.257. The zero-order chi connectivity index (χ0) is 14.2. The van der Waals surface area contributed by atoms with Gasteiger partial charge in [0.1, 0.15) is 11.6 Å². The van der Waals surface area contributed by atoms with Gasteiger partial charge in [-0.1, -0.05) is 12.1 Å². The number of aliphatic hydroxyl groups excluding tert-OH is 1. The SMILES string of the molecule is O[C@H]1CCN(c2ccnc(-c3cccc4c3OCC4)n2)C1. The highest BCUT2D eigenvalue weighted by molar-refractivity contribution is 5.68. The van der Waals surface area contributed by atoms with Gasteiger partial charge in [0.25, 0.3) is 0 Å². The lowest BCUT2D eigenvalue weighted by molar-refractivity contribution is 0.198. The van der Waals surface area contributed by atoms with E-state index in [9.17, 15) is 5.11 Å². The third-order valence-corrected chi connectivity index (χ3v) is 4.08. The van der Waals surface area contributed by atoms with Crippen molar-refractivity contribution < 1.29 is 9.84 Å². The van der Waals surface area contributed by atoms with E-state index in [0.717, 1.165) is 43.1 Å². The first-order valence-corrected chi connectivity index (χ1v) is 7.32. The Kier molecular flexibility index (Phi) is 3.00. The number of rotatable bonds is 2. The van der Waals surface area contributed by atoms with Crippen LogP contribution in [0.2, 0.25) is 0 Å². The minimum atomic E-state index is -0.257. The molecule has 0 aliphatic carbocycles. The third-order valence-electron chi connectivity index (χ3n) is 4.08. The van der Waals surface area contributed by atoms with Crippen LogP contribution in [0.5, 0.6) is 5.75 Å². The lowest BCUT2D eigenvalue weighted by atomic mass is 10.1. The summed E-state index contributed by atoms with van der Waals surface area (Å²) < 4.78 is 5.73. The van der Waals surface area contributed by atoms with Crippen LogP contribution in [0, 0.1) is 0 Å². The zero-order valence-electron chi connectivity index (χ0n) is 11.7. The van der Waals surface area contributed by atoms with Crippen molar-refractivity contribution in [1.82, 2.24) is 9.97 Å². The van der Waals surface area contributed by atoms with E-state index in [2.05, 4.69) is 20.9 Å². The van der Waals surface area contributed by atoms with E-state index >= 15 is 0 Å². The Labute approximate surface area is 123 Å². The molecule has 108 valence electrons. The van der Waals surface area contributed by atoms with Gasteiger partial charge in [0.2, 0.25) is 0 Å². The van der Waals surface area contributed by atoms with Crippen LogP contribution in [0.3, 0.4) is 0 Å². The Morgan fingerprint density at radius 2 is 2.24 bits per heavy atom. The molecule has 0 unspecified atom stereocenters. The molecule has 2 aliphatic rings. The van der Waals surface area contributed by atoms with Gasteiger partial charge in [0, 0.05) is 25.7 Å². The second kappa shape index (κ2) is 5.00. The number of hydrogen-bond donors (Lipinski definition) is 1. The summed E-state index contributed by atoms with van der Waals surface area (Å²) in [6.07, 6.45) is 3.26. The average Bonchev–Trinajstić information content (AvgIpc) is 3.15.